The largest absolute Gasteiger partial charge is 0.508 e. The Kier molecular flexibility index (Phi) is 7.52. The number of rotatable bonds is 9. The van der Waals surface area contributed by atoms with Crippen molar-refractivity contribution in [2.45, 2.75) is 19.8 Å². The van der Waals surface area contributed by atoms with E-state index in [9.17, 15) is 15.0 Å². The van der Waals surface area contributed by atoms with E-state index in [2.05, 4.69) is 15.0 Å². The third-order valence-corrected chi connectivity index (χ3v) is 5.10. The summed E-state index contributed by atoms with van der Waals surface area (Å²) in [5.74, 6) is 2.13. The molecular weight excluding hydrogens is 446 g/mol. The van der Waals surface area contributed by atoms with E-state index >= 15 is 0 Å². The molecule has 0 atom stereocenters. The fourth-order valence-corrected chi connectivity index (χ4v) is 3.32. The summed E-state index contributed by atoms with van der Waals surface area (Å²) in [4.78, 5) is 25.3. The molecule has 3 aromatic carbocycles. The van der Waals surface area contributed by atoms with Crippen LogP contribution in [0.25, 0.3) is 34.2 Å². The van der Waals surface area contributed by atoms with E-state index in [1.54, 1.807) is 55.5 Å². The van der Waals surface area contributed by atoms with Gasteiger partial charge in [-0.2, -0.15) is 0 Å². The number of phenolic OH excluding ortho intramolecular Hbond substituents is 2. The molecule has 0 radical (unpaired) electrons. The van der Waals surface area contributed by atoms with Crippen LogP contribution in [-0.2, 0) is 9.53 Å². The van der Waals surface area contributed by atoms with Gasteiger partial charge in [0, 0.05) is 23.1 Å². The molecule has 0 saturated carbocycles. The highest BCUT2D eigenvalue weighted by Gasteiger charge is 2.13. The molecule has 0 aliphatic heterocycles. The van der Waals surface area contributed by atoms with Gasteiger partial charge in [-0.3, -0.25) is 4.79 Å². The van der Waals surface area contributed by atoms with Crippen LogP contribution in [0.5, 0.6) is 17.2 Å². The minimum atomic E-state index is -0.227. The summed E-state index contributed by atoms with van der Waals surface area (Å²) in [5, 5.41) is 19.3. The van der Waals surface area contributed by atoms with Crippen LogP contribution in [0.15, 0.2) is 72.8 Å². The molecule has 1 heterocycles. The first kappa shape index (κ1) is 23.7. The first-order valence-corrected chi connectivity index (χ1v) is 11.3. The van der Waals surface area contributed by atoms with Gasteiger partial charge in [-0.15, -0.1) is 0 Å². The molecule has 35 heavy (non-hydrogen) atoms. The van der Waals surface area contributed by atoms with Crippen LogP contribution in [0.1, 0.15) is 19.8 Å². The molecule has 2 N–H and O–H groups in total. The van der Waals surface area contributed by atoms with Gasteiger partial charge in [0.15, 0.2) is 17.5 Å². The molecule has 4 rings (SSSR count). The topological polar surface area (TPSA) is 115 Å². The molecule has 0 bridgehead atoms. The van der Waals surface area contributed by atoms with Gasteiger partial charge < -0.3 is 19.7 Å². The summed E-state index contributed by atoms with van der Waals surface area (Å²) >= 11 is 0. The molecule has 0 unspecified atom stereocenters. The zero-order valence-electron chi connectivity index (χ0n) is 19.2. The number of aromatic hydroxyl groups is 2. The summed E-state index contributed by atoms with van der Waals surface area (Å²) in [7, 11) is 0. The molecule has 0 saturated heterocycles. The van der Waals surface area contributed by atoms with Crippen molar-refractivity contribution < 1.29 is 24.5 Å². The average Bonchev–Trinajstić information content (AvgIpc) is 2.88. The number of nitrogens with zero attached hydrogens (tertiary/aromatic N) is 3. The van der Waals surface area contributed by atoms with Crippen LogP contribution in [0, 0.1) is 0 Å². The van der Waals surface area contributed by atoms with Gasteiger partial charge in [0.1, 0.15) is 17.2 Å². The van der Waals surface area contributed by atoms with Gasteiger partial charge >= 0.3 is 5.97 Å². The molecule has 0 fully saturated rings. The Labute approximate surface area is 202 Å². The van der Waals surface area contributed by atoms with E-state index in [0.29, 0.717) is 49.3 Å². The van der Waals surface area contributed by atoms with Crippen LogP contribution < -0.4 is 4.74 Å². The minimum absolute atomic E-state index is 0.152. The third kappa shape index (κ3) is 6.32. The number of aromatic nitrogens is 3. The lowest BCUT2D eigenvalue weighted by Crippen LogP contribution is -2.06. The van der Waals surface area contributed by atoms with Crippen LogP contribution in [0.4, 0.5) is 0 Å². The highest BCUT2D eigenvalue weighted by molar-refractivity contribution is 5.69. The highest BCUT2D eigenvalue weighted by atomic mass is 16.5. The number of esters is 1. The van der Waals surface area contributed by atoms with Crippen molar-refractivity contribution in [2.24, 2.45) is 0 Å². The van der Waals surface area contributed by atoms with Crippen molar-refractivity contribution in [3.05, 3.63) is 72.8 Å². The Hall–Kier alpha value is -4.46. The van der Waals surface area contributed by atoms with E-state index in [-0.39, 0.29) is 17.5 Å². The Morgan fingerprint density at radius 2 is 1.14 bits per heavy atom. The maximum Gasteiger partial charge on any atom is 0.305 e. The summed E-state index contributed by atoms with van der Waals surface area (Å²) in [6.45, 7) is 2.56. The van der Waals surface area contributed by atoms with Gasteiger partial charge in [0.05, 0.1) is 13.2 Å². The van der Waals surface area contributed by atoms with Crippen molar-refractivity contribution >= 4 is 5.97 Å². The molecule has 0 spiro atoms. The minimum Gasteiger partial charge on any atom is -0.508 e. The average molecular weight is 472 g/mol. The van der Waals surface area contributed by atoms with E-state index in [1.807, 2.05) is 24.3 Å². The predicted molar refractivity (Wildman–Crippen MR) is 131 cm³/mol. The van der Waals surface area contributed by atoms with Crippen molar-refractivity contribution in [3.63, 3.8) is 0 Å². The molecule has 8 heteroatoms. The lowest BCUT2D eigenvalue weighted by atomic mass is 10.1. The lowest BCUT2D eigenvalue weighted by molar-refractivity contribution is -0.143. The highest BCUT2D eigenvalue weighted by Crippen LogP contribution is 2.27. The number of carbonyl (C=O) groups is 1. The SMILES string of the molecule is CCOC(=O)CCCOc1ccc(-c2nc(-c3ccc(O)cc3)nc(-c3ccc(O)cc3)n2)cc1. The van der Waals surface area contributed by atoms with Gasteiger partial charge in [-0.1, -0.05) is 0 Å². The Balaban J connectivity index is 1.57. The molecular formula is C27H25N3O5. The second kappa shape index (κ2) is 11.1. The zero-order chi connectivity index (χ0) is 24.6. The fraction of sp³-hybridized carbons (Fsp3) is 0.185. The van der Waals surface area contributed by atoms with Crippen LogP contribution in [0.3, 0.4) is 0 Å². The number of ether oxygens (including phenoxy) is 2. The first-order chi connectivity index (χ1) is 17.0. The van der Waals surface area contributed by atoms with Crippen LogP contribution >= 0.6 is 0 Å². The summed E-state index contributed by atoms with van der Waals surface area (Å²) in [6, 6.07) is 20.6. The Bertz CT molecular complexity index is 1210. The predicted octanol–water partition coefficient (Wildman–Crippen LogP) is 5.01. The number of hydrogen-bond donors (Lipinski definition) is 2. The number of hydrogen-bond acceptors (Lipinski definition) is 8. The molecule has 178 valence electrons. The maximum absolute atomic E-state index is 11.4. The Morgan fingerprint density at radius 3 is 1.57 bits per heavy atom. The smallest absolute Gasteiger partial charge is 0.305 e. The zero-order valence-corrected chi connectivity index (χ0v) is 19.2. The van der Waals surface area contributed by atoms with Gasteiger partial charge in [0.25, 0.3) is 0 Å². The normalized spacial score (nSPS) is 10.7. The molecule has 1 aromatic heterocycles. The third-order valence-electron chi connectivity index (χ3n) is 5.10. The summed E-state index contributed by atoms with van der Waals surface area (Å²) in [5.41, 5.74) is 2.23. The van der Waals surface area contributed by atoms with E-state index in [1.165, 1.54) is 0 Å². The first-order valence-electron chi connectivity index (χ1n) is 11.3. The monoisotopic (exact) mass is 471 g/mol. The van der Waals surface area contributed by atoms with Gasteiger partial charge in [0.2, 0.25) is 0 Å². The quantitative estimate of drug-likeness (QED) is 0.259. The lowest BCUT2D eigenvalue weighted by Gasteiger charge is -2.10. The molecule has 8 nitrogen and oxygen atoms in total. The number of phenols is 2. The van der Waals surface area contributed by atoms with Crippen molar-refractivity contribution in [2.75, 3.05) is 13.2 Å². The fourth-order valence-electron chi connectivity index (χ4n) is 3.32. The molecule has 0 aliphatic rings. The van der Waals surface area contributed by atoms with E-state index < -0.39 is 0 Å². The van der Waals surface area contributed by atoms with Gasteiger partial charge in [-0.05, 0) is 86.1 Å². The van der Waals surface area contributed by atoms with Crippen LogP contribution in [-0.4, -0.2) is 44.3 Å². The van der Waals surface area contributed by atoms with Crippen molar-refractivity contribution in [1.82, 2.24) is 15.0 Å². The second-order valence-electron chi connectivity index (χ2n) is 7.68. The maximum atomic E-state index is 11.4. The summed E-state index contributed by atoms with van der Waals surface area (Å²) in [6.07, 6.45) is 0.886. The van der Waals surface area contributed by atoms with E-state index in [4.69, 9.17) is 9.47 Å². The molecule has 0 aliphatic carbocycles. The molecule has 4 aromatic rings. The number of benzene rings is 3. The van der Waals surface area contributed by atoms with Crippen LogP contribution in [0.2, 0.25) is 0 Å². The van der Waals surface area contributed by atoms with Crippen molar-refractivity contribution in [1.29, 1.82) is 0 Å². The molecule has 0 amide bonds. The van der Waals surface area contributed by atoms with E-state index in [0.717, 1.165) is 16.7 Å². The number of carbonyl (C=O) groups excluding carboxylic acids is 1. The standard InChI is InChI=1S/C27H25N3O5/c1-2-34-24(33)4-3-17-35-23-15-9-20(10-16-23)27-29-25(18-5-11-21(31)12-6-18)28-26(30-27)19-7-13-22(32)14-8-19/h5-16,31-32H,2-4,17H2,1H3. The Morgan fingerprint density at radius 1 is 0.714 bits per heavy atom. The van der Waals surface area contributed by atoms with Crippen molar-refractivity contribution in [3.8, 4) is 51.4 Å². The second-order valence-corrected chi connectivity index (χ2v) is 7.68. The summed E-state index contributed by atoms with van der Waals surface area (Å²) < 4.78 is 10.6. The van der Waals surface area contributed by atoms with Gasteiger partial charge in [-0.25, -0.2) is 15.0 Å².